The summed E-state index contributed by atoms with van der Waals surface area (Å²) in [7, 11) is 3.34. The summed E-state index contributed by atoms with van der Waals surface area (Å²) >= 11 is 0. The van der Waals surface area contributed by atoms with Crippen molar-refractivity contribution < 1.29 is 19.1 Å². The second kappa shape index (κ2) is 7.01. The lowest BCUT2D eigenvalue weighted by Crippen LogP contribution is -2.08. The maximum Gasteiger partial charge on any atom is 0.179 e. The van der Waals surface area contributed by atoms with Crippen molar-refractivity contribution >= 4 is 0 Å². The molecular weight excluding hydrogens is 320 g/mol. The first kappa shape index (κ1) is 16.4. The number of nitrogens with zero attached hydrogens (tertiary/aromatic N) is 2. The first-order valence-electron chi connectivity index (χ1n) is 8.43. The Morgan fingerprint density at radius 3 is 1.48 bits per heavy atom. The lowest BCUT2D eigenvalue weighted by atomic mass is 10.2. The lowest BCUT2D eigenvalue weighted by molar-refractivity contribution is 0.166. The van der Waals surface area contributed by atoms with E-state index in [2.05, 4.69) is 0 Å². The van der Waals surface area contributed by atoms with Crippen molar-refractivity contribution in [2.24, 2.45) is 0 Å². The smallest absolute Gasteiger partial charge is 0.179 e. The third kappa shape index (κ3) is 3.77. The number of rotatable bonds is 8. The van der Waals surface area contributed by atoms with Gasteiger partial charge < -0.3 is 9.47 Å². The zero-order chi connectivity index (χ0) is 17.2. The van der Waals surface area contributed by atoms with Gasteiger partial charge in [0, 0.05) is 13.1 Å². The van der Waals surface area contributed by atoms with Gasteiger partial charge in [0.15, 0.2) is 12.5 Å². The Morgan fingerprint density at radius 2 is 1.12 bits per heavy atom. The Morgan fingerprint density at radius 1 is 0.720 bits per heavy atom. The summed E-state index contributed by atoms with van der Waals surface area (Å²) in [6.07, 6.45) is 1.12. The maximum absolute atomic E-state index is 5.64. The summed E-state index contributed by atoms with van der Waals surface area (Å²) in [6.45, 7) is 1.76. The van der Waals surface area contributed by atoms with Crippen LogP contribution in [0.15, 0.2) is 48.5 Å². The fraction of sp³-hybridized carbons (Fsp3) is 0.368. The summed E-state index contributed by atoms with van der Waals surface area (Å²) in [6, 6.07) is 16.0. The largest absolute Gasteiger partial charge is 0.497 e. The molecule has 2 aromatic carbocycles. The van der Waals surface area contributed by atoms with E-state index in [9.17, 15) is 0 Å². The van der Waals surface area contributed by atoms with E-state index in [1.165, 1.54) is 0 Å². The predicted molar refractivity (Wildman–Crippen MR) is 91.7 cm³/mol. The van der Waals surface area contributed by atoms with E-state index in [0.29, 0.717) is 0 Å². The van der Waals surface area contributed by atoms with E-state index in [4.69, 9.17) is 19.1 Å². The van der Waals surface area contributed by atoms with Gasteiger partial charge >= 0.3 is 0 Å². The van der Waals surface area contributed by atoms with Crippen molar-refractivity contribution in [3.8, 4) is 11.5 Å². The van der Waals surface area contributed by atoms with E-state index in [-0.39, 0.29) is 12.5 Å². The molecule has 4 rings (SSSR count). The molecule has 2 aliphatic rings. The molecule has 0 aliphatic carbocycles. The van der Waals surface area contributed by atoms with Crippen LogP contribution in [0.4, 0.5) is 0 Å². The standard InChI is InChI=1S/C19H22N2O4/c1-22-16-8-4-14(5-9-16)18-20(24-18)12-3-13-21-19(25-21)15-6-10-17(23-2)11-7-15/h4-11,18-19H,3,12-13H2,1-2H3. The quantitative estimate of drug-likeness (QED) is 0.686. The number of ether oxygens (including phenoxy) is 2. The fourth-order valence-electron chi connectivity index (χ4n) is 2.92. The number of hydroxylamine groups is 4. The molecule has 6 nitrogen and oxygen atoms in total. The molecule has 2 aliphatic heterocycles. The normalized spacial score (nSPS) is 27.0. The summed E-state index contributed by atoms with van der Waals surface area (Å²) in [5.74, 6) is 1.72. The molecule has 0 bridgehead atoms. The van der Waals surface area contributed by atoms with Crippen molar-refractivity contribution in [1.29, 1.82) is 0 Å². The highest BCUT2D eigenvalue weighted by atomic mass is 16.8. The highest BCUT2D eigenvalue weighted by molar-refractivity contribution is 5.30. The second-order valence-electron chi connectivity index (χ2n) is 6.10. The monoisotopic (exact) mass is 342 g/mol. The van der Waals surface area contributed by atoms with Gasteiger partial charge in [-0.15, -0.1) is 0 Å². The molecule has 0 aromatic heterocycles. The highest BCUT2D eigenvalue weighted by Gasteiger charge is 2.40. The Hall–Kier alpha value is -2.12. The van der Waals surface area contributed by atoms with E-state index in [1.807, 2.05) is 58.7 Å². The van der Waals surface area contributed by atoms with Crippen LogP contribution in [0, 0.1) is 0 Å². The summed E-state index contributed by atoms with van der Waals surface area (Å²) in [4.78, 5) is 11.3. The van der Waals surface area contributed by atoms with Crippen LogP contribution < -0.4 is 9.47 Å². The molecule has 4 unspecified atom stereocenters. The summed E-state index contributed by atoms with van der Waals surface area (Å²) in [5.41, 5.74) is 2.31. The van der Waals surface area contributed by atoms with Gasteiger partial charge in [0.05, 0.1) is 14.2 Å². The Bertz CT molecular complexity index is 643. The minimum atomic E-state index is 0.0680. The zero-order valence-corrected chi connectivity index (χ0v) is 14.4. The predicted octanol–water partition coefficient (Wildman–Crippen LogP) is 3.29. The van der Waals surface area contributed by atoms with Crippen LogP contribution in [0.3, 0.4) is 0 Å². The number of hydrogen-bond acceptors (Lipinski definition) is 6. The molecule has 2 aromatic rings. The van der Waals surface area contributed by atoms with E-state index in [0.717, 1.165) is 42.1 Å². The molecule has 2 heterocycles. The van der Waals surface area contributed by atoms with Gasteiger partial charge in [0.1, 0.15) is 11.5 Å². The molecule has 132 valence electrons. The van der Waals surface area contributed by atoms with E-state index < -0.39 is 0 Å². The number of benzene rings is 2. The molecule has 0 spiro atoms. The minimum absolute atomic E-state index is 0.0680. The van der Waals surface area contributed by atoms with Gasteiger partial charge in [-0.1, -0.05) is 24.3 Å². The number of hydrogen-bond donors (Lipinski definition) is 0. The van der Waals surface area contributed by atoms with E-state index >= 15 is 0 Å². The minimum Gasteiger partial charge on any atom is -0.497 e. The van der Waals surface area contributed by atoms with Gasteiger partial charge in [-0.2, -0.15) is 10.1 Å². The van der Waals surface area contributed by atoms with E-state index in [1.54, 1.807) is 14.2 Å². The second-order valence-corrected chi connectivity index (χ2v) is 6.10. The summed E-state index contributed by atoms with van der Waals surface area (Å²) in [5, 5.41) is 3.99. The van der Waals surface area contributed by atoms with Crippen LogP contribution in [-0.4, -0.2) is 37.4 Å². The molecule has 2 fully saturated rings. The van der Waals surface area contributed by atoms with Crippen LogP contribution in [-0.2, 0) is 9.68 Å². The van der Waals surface area contributed by atoms with Crippen LogP contribution in [0.1, 0.15) is 30.0 Å². The molecule has 2 saturated heterocycles. The molecule has 0 N–H and O–H groups in total. The Balaban J connectivity index is 1.18. The van der Waals surface area contributed by atoms with Gasteiger partial charge in [0.2, 0.25) is 0 Å². The van der Waals surface area contributed by atoms with Crippen molar-refractivity contribution in [2.75, 3.05) is 27.3 Å². The molecule has 4 atom stereocenters. The lowest BCUT2D eigenvalue weighted by Gasteiger charge is -2.02. The molecule has 0 radical (unpaired) electrons. The van der Waals surface area contributed by atoms with Crippen molar-refractivity contribution in [3.05, 3.63) is 59.7 Å². The SMILES string of the molecule is COc1ccc(C2ON2CCCN2OC2c2ccc(OC)cc2)cc1. The fourth-order valence-corrected chi connectivity index (χ4v) is 2.92. The first-order valence-corrected chi connectivity index (χ1v) is 8.43. The molecule has 0 amide bonds. The van der Waals surface area contributed by atoms with Gasteiger partial charge in [-0.25, -0.2) is 0 Å². The molecule has 6 heteroatoms. The van der Waals surface area contributed by atoms with Crippen molar-refractivity contribution in [3.63, 3.8) is 0 Å². The van der Waals surface area contributed by atoms with Gasteiger partial charge in [-0.05, 0) is 41.8 Å². The van der Waals surface area contributed by atoms with Gasteiger partial charge in [0.25, 0.3) is 0 Å². The third-order valence-electron chi connectivity index (χ3n) is 4.46. The Labute approximate surface area is 147 Å². The zero-order valence-electron chi connectivity index (χ0n) is 14.4. The van der Waals surface area contributed by atoms with Crippen LogP contribution in [0.25, 0.3) is 0 Å². The topological polar surface area (TPSA) is 49.5 Å². The summed E-state index contributed by atoms with van der Waals surface area (Å²) < 4.78 is 10.3. The third-order valence-corrected chi connectivity index (χ3v) is 4.46. The van der Waals surface area contributed by atoms with Crippen LogP contribution in [0.5, 0.6) is 11.5 Å². The van der Waals surface area contributed by atoms with Crippen LogP contribution in [0.2, 0.25) is 0 Å². The average molecular weight is 342 g/mol. The number of methoxy groups -OCH3 is 2. The highest BCUT2D eigenvalue weighted by Crippen LogP contribution is 2.39. The first-order chi connectivity index (χ1) is 12.3. The molecule has 0 saturated carbocycles. The molecular formula is C19H22N2O4. The average Bonchev–Trinajstić information content (AvgIpc) is 3.58. The maximum atomic E-state index is 5.64. The van der Waals surface area contributed by atoms with Crippen LogP contribution >= 0.6 is 0 Å². The van der Waals surface area contributed by atoms with Crippen molar-refractivity contribution in [2.45, 2.75) is 18.9 Å². The molecule has 25 heavy (non-hydrogen) atoms. The van der Waals surface area contributed by atoms with Crippen molar-refractivity contribution in [1.82, 2.24) is 10.1 Å². The van der Waals surface area contributed by atoms with Gasteiger partial charge in [-0.3, -0.25) is 9.68 Å². The Kier molecular flexibility index (Phi) is 4.59.